The van der Waals surface area contributed by atoms with Crippen LogP contribution >= 0.6 is 23.2 Å². The van der Waals surface area contributed by atoms with Crippen LogP contribution in [0.2, 0.25) is 10.0 Å². The first-order valence-corrected chi connectivity index (χ1v) is 6.18. The fraction of sp³-hybridized carbons (Fsp3) is 0.154. The predicted molar refractivity (Wildman–Crippen MR) is 74.9 cm³/mol. The van der Waals surface area contributed by atoms with Gasteiger partial charge in [-0.15, -0.1) is 0 Å². The van der Waals surface area contributed by atoms with Gasteiger partial charge < -0.3 is 9.72 Å². The number of methoxy groups -OCH3 is 1. The van der Waals surface area contributed by atoms with Gasteiger partial charge in [0.2, 0.25) is 0 Å². The van der Waals surface area contributed by atoms with Crippen LogP contribution in [-0.4, -0.2) is 17.1 Å². The van der Waals surface area contributed by atoms with Crippen molar-refractivity contribution in [3.05, 3.63) is 34.1 Å². The quantitative estimate of drug-likeness (QED) is 0.720. The smallest absolute Gasteiger partial charge is 0.158 e. The minimum absolute atomic E-state index is 0.489. The lowest BCUT2D eigenvalue weighted by Gasteiger charge is -2.06. The highest BCUT2D eigenvalue weighted by Gasteiger charge is 2.16. The van der Waals surface area contributed by atoms with Gasteiger partial charge in [0.1, 0.15) is 5.02 Å². The number of hydrogen-bond donors (Lipinski definition) is 1. The van der Waals surface area contributed by atoms with Crippen LogP contribution in [-0.2, 0) is 0 Å². The molecule has 0 atom stereocenters. The summed E-state index contributed by atoms with van der Waals surface area (Å²) in [5.74, 6) is 0.489. The molecule has 0 saturated heterocycles. The van der Waals surface area contributed by atoms with Crippen LogP contribution in [0.4, 0.5) is 0 Å². The highest BCUT2D eigenvalue weighted by Crippen LogP contribution is 2.41. The lowest BCUT2D eigenvalue weighted by atomic mass is 10.1. The van der Waals surface area contributed by atoms with Gasteiger partial charge in [0.25, 0.3) is 0 Å². The average molecular weight is 281 g/mol. The molecule has 0 radical (unpaired) electrons. The third-order valence-electron chi connectivity index (χ3n) is 3.06. The lowest BCUT2D eigenvalue weighted by Crippen LogP contribution is -1.86. The second kappa shape index (κ2) is 4.04. The maximum Gasteiger partial charge on any atom is 0.158 e. The molecule has 0 aliphatic heterocycles. The van der Waals surface area contributed by atoms with E-state index < -0.39 is 0 Å². The summed E-state index contributed by atoms with van der Waals surface area (Å²) in [6.07, 6.45) is 1.77. The third kappa shape index (κ3) is 1.48. The van der Waals surface area contributed by atoms with Crippen molar-refractivity contribution in [3.8, 4) is 5.75 Å². The Kier molecular flexibility index (Phi) is 2.61. The van der Waals surface area contributed by atoms with E-state index in [1.54, 1.807) is 13.3 Å². The van der Waals surface area contributed by atoms with Gasteiger partial charge in [-0.25, -0.2) is 0 Å². The number of ether oxygens (including phenoxy) is 1. The summed E-state index contributed by atoms with van der Waals surface area (Å²) in [5, 5.41) is 3.04. The largest absolute Gasteiger partial charge is 0.494 e. The van der Waals surface area contributed by atoms with Crippen molar-refractivity contribution in [1.29, 1.82) is 0 Å². The molecule has 0 aliphatic rings. The van der Waals surface area contributed by atoms with Crippen molar-refractivity contribution in [2.45, 2.75) is 6.92 Å². The van der Waals surface area contributed by atoms with Crippen LogP contribution in [0.25, 0.3) is 21.8 Å². The fourth-order valence-electron chi connectivity index (χ4n) is 2.20. The number of nitrogens with zero attached hydrogens (tertiary/aromatic N) is 1. The molecule has 2 aromatic heterocycles. The van der Waals surface area contributed by atoms with Gasteiger partial charge >= 0.3 is 0 Å². The molecule has 18 heavy (non-hydrogen) atoms. The van der Waals surface area contributed by atoms with Crippen LogP contribution in [0.1, 0.15) is 5.69 Å². The highest BCUT2D eigenvalue weighted by molar-refractivity contribution is 6.42. The number of aryl methyl sites for hydroxylation is 1. The second-order valence-corrected chi connectivity index (χ2v) is 4.86. The van der Waals surface area contributed by atoms with Crippen molar-refractivity contribution in [1.82, 2.24) is 9.97 Å². The minimum Gasteiger partial charge on any atom is -0.494 e. The van der Waals surface area contributed by atoms with Gasteiger partial charge in [0.05, 0.1) is 28.9 Å². The predicted octanol–water partition coefficient (Wildman–Crippen LogP) is 4.34. The molecule has 3 nitrogen and oxygen atoms in total. The first-order chi connectivity index (χ1) is 8.63. The summed E-state index contributed by atoms with van der Waals surface area (Å²) in [7, 11) is 1.55. The molecule has 92 valence electrons. The maximum absolute atomic E-state index is 6.31. The average Bonchev–Trinajstić information content (AvgIpc) is 2.71. The van der Waals surface area contributed by atoms with E-state index in [0.29, 0.717) is 15.8 Å². The normalized spacial score (nSPS) is 11.3. The molecule has 0 unspecified atom stereocenters. The Morgan fingerprint density at radius 3 is 2.72 bits per heavy atom. The van der Waals surface area contributed by atoms with E-state index in [0.717, 1.165) is 27.5 Å². The van der Waals surface area contributed by atoms with Crippen LogP contribution < -0.4 is 4.74 Å². The number of H-pyrrole nitrogens is 1. The molecule has 3 aromatic rings. The summed E-state index contributed by atoms with van der Waals surface area (Å²) in [5.41, 5.74) is 2.72. The van der Waals surface area contributed by atoms with Gasteiger partial charge in [-0.05, 0) is 19.1 Å². The van der Waals surface area contributed by atoms with Crippen molar-refractivity contribution < 1.29 is 4.74 Å². The standard InChI is InChI=1S/C13H10Cl2N2O/c1-6-11-7(3-4-16-6)8-5-9(14)13(18-2)10(15)12(8)17-11/h3-5,17H,1-2H3. The number of aromatic nitrogens is 2. The Labute approximate surface area is 114 Å². The van der Waals surface area contributed by atoms with E-state index >= 15 is 0 Å². The topological polar surface area (TPSA) is 37.9 Å². The zero-order chi connectivity index (χ0) is 12.9. The number of aromatic amines is 1. The molecule has 3 rings (SSSR count). The van der Waals surface area contributed by atoms with Gasteiger partial charge in [-0.2, -0.15) is 0 Å². The van der Waals surface area contributed by atoms with E-state index in [1.165, 1.54) is 0 Å². The SMILES string of the molecule is COc1c(Cl)cc2c([nH]c3c(C)nccc32)c1Cl. The number of benzene rings is 1. The van der Waals surface area contributed by atoms with E-state index in [4.69, 9.17) is 27.9 Å². The molecule has 1 aromatic carbocycles. The molecule has 2 heterocycles. The molecular formula is C13H10Cl2N2O. The summed E-state index contributed by atoms with van der Waals surface area (Å²) < 4.78 is 5.21. The highest BCUT2D eigenvalue weighted by atomic mass is 35.5. The Balaban J connectivity index is 2.55. The van der Waals surface area contributed by atoms with E-state index in [-0.39, 0.29) is 0 Å². The molecule has 0 spiro atoms. The van der Waals surface area contributed by atoms with Crippen molar-refractivity contribution in [2.75, 3.05) is 7.11 Å². The molecule has 0 aliphatic carbocycles. The van der Waals surface area contributed by atoms with Crippen molar-refractivity contribution in [3.63, 3.8) is 0 Å². The molecule has 0 saturated carbocycles. The first-order valence-electron chi connectivity index (χ1n) is 5.42. The monoisotopic (exact) mass is 280 g/mol. The van der Waals surface area contributed by atoms with Gasteiger partial charge in [0.15, 0.2) is 5.75 Å². The number of pyridine rings is 1. The Hall–Kier alpha value is -1.45. The number of hydrogen-bond acceptors (Lipinski definition) is 2. The molecule has 0 bridgehead atoms. The number of nitrogens with one attached hydrogen (secondary N) is 1. The molecule has 0 amide bonds. The Morgan fingerprint density at radius 2 is 2.00 bits per heavy atom. The fourth-order valence-corrected chi connectivity index (χ4v) is 2.85. The maximum atomic E-state index is 6.31. The van der Waals surface area contributed by atoms with E-state index in [1.807, 2.05) is 19.1 Å². The molecule has 1 N–H and O–H groups in total. The minimum atomic E-state index is 0.489. The zero-order valence-corrected chi connectivity index (χ0v) is 11.4. The first kappa shape index (κ1) is 11.6. The molecule has 0 fully saturated rings. The Morgan fingerprint density at radius 1 is 1.22 bits per heavy atom. The zero-order valence-electron chi connectivity index (χ0n) is 9.84. The van der Waals surface area contributed by atoms with Crippen molar-refractivity contribution in [2.24, 2.45) is 0 Å². The number of fused-ring (bicyclic) bond motifs is 3. The lowest BCUT2D eigenvalue weighted by molar-refractivity contribution is 0.416. The van der Waals surface area contributed by atoms with Crippen LogP contribution in [0.15, 0.2) is 18.3 Å². The Bertz CT molecular complexity index is 765. The van der Waals surface area contributed by atoms with Gasteiger partial charge in [0, 0.05) is 17.0 Å². The van der Waals surface area contributed by atoms with Gasteiger partial charge in [-0.1, -0.05) is 23.2 Å². The molecular weight excluding hydrogens is 271 g/mol. The molecule has 5 heteroatoms. The second-order valence-electron chi connectivity index (χ2n) is 4.07. The van der Waals surface area contributed by atoms with Crippen LogP contribution in [0, 0.1) is 6.92 Å². The van der Waals surface area contributed by atoms with E-state index in [9.17, 15) is 0 Å². The number of halogens is 2. The van der Waals surface area contributed by atoms with Crippen LogP contribution in [0.5, 0.6) is 5.75 Å². The summed E-state index contributed by atoms with van der Waals surface area (Å²) in [6.45, 7) is 1.95. The van der Waals surface area contributed by atoms with E-state index in [2.05, 4.69) is 9.97 Å². The van der Waals surface area contributed by atoms with Crippen LogP contribution in [0.3, 0.4) is 0 Å². The summed E-state index contributed by atoms with van der Waals surface area (Å²) in [6, 6.07) is 3.81. The summed E-state index contributed by atoms with van der Waals surface area (Å²) >= 11 is 12.5. The number of rotatable bonds is 1. The van der Waals surface area contributed by atoms with Gasteiger partial charge in [-0.3, -0.25) is 4.98 Å². The third-order valence-corrected chi connectivity index (χ3v) is 3.70. The van der Waals surface area contributed by atoms with Crippen molar-refractivity contribution >= 4 is 45.0 Å². The summed E-state index contributed by atoms with van der Waals surface area (Å²) in [4.78, 5) is 7.54.